The van der Waals surface area contributed by atoms with E-state index in [1.54, 1.807) is 6.20 Å². The van der Waals surface area contributed by atoms with E-state index in [1.807, 2.05) is 32.0 Å². The Hall–Kier alpha value is -1.68. The molecule has 18 heavy (non-hydrogen) atoms. The van der Waals surface area contributed by atoms with Crippen LogP contribution in [0.1, 0.15) is 31.1 Å². The molecule has 0 saturated heterocycles. The highest BCUT2D eigenvalue weighted by atomic mass is 35.5. The Morgan fingerprint density at radius 1 is 1.28 bits per heavy atom. The number of nitrogens with one attached hydrogen (secondary N) is 1. The minimum absolute atomic E-state index is 0.0717. The summed E-state index contributed by atoms with van der Waals surface area (Å²) in [7, 11) is 0. The number of aromatic nitrogens is 3. The Labute approximate surface area is 111 Å². The van der Waals surface area contributed by atoms with Gasteiger partial charge < -0.3 is 5.32 Å². The molecule has 0 aromatic carbocycles. The zero-order chi connectivity index (χ0) is 13.0. The first-order valence-electron chi connectivity index (χ1n) is 5.89. The van der Waals surface area contributed by atoms with Crippen LogP contribution in [0.4, 0.5) is 5.82 Å². The van der Waals surface area contributed by atoms with Gasteiger partial charge in [0.25, 0.3) is 0 Å². The van der Waals surface area contributed by atoms with Gasteiger partial charge in [0, 0.05) is 11.8 Å². The van der Waals surface area contributed by atoms with Gasteiger partial charge in [-0.25, -0.2) is 9.97 Å². The number of rotatable bonds is 4. The van der Waals surface area contributed by atoms with Gasteiger partial charge in [0.2, 0.25) is 0 Å². The Balaban J connectivity index is 2.22. The molecule has 1 atom stereocenters. The minimum atomic E-state index is 0.0717. The number of nitrogens with zero attached hydrogens (tertiary/aromatic N) is 3. The Bertz CT molecular complexity index is 516. The normalized spacial score (nSPS) is 12.2. The molecule has 2 aromatic rings. The van der Waals surface area contributed by atoms with Crippen LogP contribution in [0.5, 0.6) is 0 Å². The van der Waals surface area contributed by atoms with Crippen molar-refractivity contribution in [2.45, 2.75) is 26.3 Å². The molecule has 0 radical (unpaired) electrons. The summed E-state index contributed by atoms with van der Waals surface area (Å²) in [6, 6.07) is 5.91. The van der Waals surface area contributed by atoms with E-state index in [4.69, 9.17) is 11.6 Å². The quantitative estimate of drug-likeness (QED) is 0.860. The van der Waals surface area contributed by atoms with Gasteiger partial charge in [0.15, 0.2) is 0 Å². The molecule has 2 rings (SSSR count). The van der Waals surface area contributed by atoms with Crippen molar-refractivity contribution >= 4 is 17.4 Å². The van der Waals surface area contributed by atoms with Crippen LogP contribution in [-0.4, -0.2) is 15.0 Å². The second-order valence-electron chi connectivity index (χ2n) is 3.97. The third-order valence-electron chi connectivity index (χ3n) is 2.73. The number of anilines is 1. The molecule has 2 heterocycles. The van der Waals surface area contributed by atoms with Crippen molar-refractivity contribution in [1.82, 2.24) is 15.0 Å². The lowest BCUT2D eigenvalue weighted by Crippen LogP contribution is -2.11. The maximum atomic E-state index is 6.05. The summed E-state index contributed by atoms with van der Waals surface area (Å²) in [6.07, 6.45) is 4.03. The van der Waals surface area contributed by atoms with E-state index in [0.717, 1.165) is 23.5 Å². The summed E-state index contributed by atoms with van der Waals surface area (Å²) in [4.78, 5) is 12.5. The fourth-order valence-corrected chi connectivity index (χ4v) is 2.01. The van der Waals surface area contributed by atoms with Crippen molar-refractivity contribution in [1.29, 1.82) is 0 Å². The van der Waals surface area contributed by atoms with Crippen molar-refractivity contribution < 1.29 is 0 Å². The first-order chi connectivity index (χ1) is 8.72. The van der Waals surface area contributed by atoms with Gasteiger partial charge in [-0.2, -0.15) is 0 Å². The smallest absolute Gasteiger partial charge is 0.137 e. The van der Waals surface area contributed by atoms with Crippen molar-refractivity contribution in [3.8, 4) is 0 Å². The lowest BCUT2D eigenvalue weighted by atomic mass is 10.2. The zero-order valence-electron chi connectivity index (χ0n) is 10.4. The van der Waals surface area contributed by atoms with Crippen molar-refractivity contribution in [2.75, 3.05) is 5.32 Å². The van der Waals surface area contributed by atoms with Crippen LogP contribution in [0.3, 0.4) is 0 Å². The molecule has 0 aliphatic carbocycles. The monoisotopic (exact) mass is 262 g/mol. The van der Waals surface area contributed by atoms with Gasteiger partial charge in [-0.05, 0) is 25.5 Å². The summed E-state index contributed by atoms with van der Waals surface area (Å²) in [5, 5.41) is 3.82. The molecule has 0 aliphatic rings. The SMILES string of the molecule is CCc1c(Cl)ncnc1NC(C)c1ccccn1. The standard InChI is InChI=1S/C13H15ClN4/c1-3-10-12(14)16-8-17-13(10)18-9(2)11-6-4-5-7-15-11/h4-9H,3H2,1-2H3,(H,16,17,18). The van der Waals surface area contributed by atoms with Crippen LogP contribution in [0.15, 0.2) is 30.7 Å². The predicted molar refractivity (Wildman–Crippen MR) is 72.7 cm³/mol. The molecule has 1 N–H and O–H groups in total. The lowest BCUT2D eigenvalue weighted by molar-refractivity contribution is 0.824. The number of pyridine rings is 1. The van der Waals surface area contributed by atoms with Gasteiger partial charge in [0.1, 0.15) is 17.3 Å². The van der Waals surface area contributed by atoms with Crippen LogP contribution in [0.2, 0.25) is 5.15 Å². The maximum absolute atomic E-state index is 6.05. The third-order valence-corrected chi connectivity index (χ3v) is 3.06. The molecule has 0 amide bonds. The van der Waals surface area contributed by atoms with Crippen LogP contribution >= 0.6 is 11.6 Å². The summed E-state index contributed by atoms with van der Waals surface area (Å²) in [5.74, 6) is 0.774. The molecule has 1 unspecified atom stereocenters. The van der Waals surface area contributed by atoms with E-state index in [9.17, 15) is 0 Å². The summed E-state index contributed by atoms with van der Waals surface area (Å²) < 4.78 is 0. The van der Waals surface area contributed by atoms with Crippen LogP contribution in [0.25, 0.3) is 0 Å². The van der Waals surface area contributed by atoms with Crippen molar-refractivity contribution in [3.05, 3.63) is 47.1 Å². The first-order valence-corrected chi connectivity index (χ1v) is 6.27. The average Bonchev–Trinajstić information content (AvgIpc) is 2.40. The van der Waals surface area contributed by atoms with E-state index in [-0.39, 0.29) is 6.04 Å². The maximum Gasteiger partial charge on any atom is 0.137 e. The van der Waals surface area contributed by atoms with Crippen molar-refractivity contribution in [2.24, 2.45) is 0 Å². The van der Waals surface area contributed by atoms with E-state index in [2.05, 4.69) is 20.3 Å². The number of hydrogen-bond acceptors (Lipinski definition) is 4. The van der Waals surface area contributed by atoms with E-state index in [1.165, 1.54) is 6.33 Å². The lowest BCUT2D eigenvalue weighted by Gasteiger charge is -2.16. The second kappa shape index (κ2) is 5.78. The van der Waals surface area contributed by atoms with Crippen molar-refractivity contribution in [3.63, 3.8) is 0 Å². The molecule has 94 valence electrons. The van der Waals surface area contributed by atoms with Gasteiger partial charge in [-0.1, -0.05) is 24.6 Å². The van der Waals surface area contributed by atoms with E-state index >= 15 is 0 Å². The molecule has 5 heteroatoms. The van der Waals surface area contributed by atoms with Crippen LogP contribution in [-0.2, 0) is 6.42 Å². The molecular formula is C13H15ClN4. The van der Waals surface area contributed by atoms with Gasteiger partial charge >= 0.3 is 0 Å². The van der Waals surface area contributed by atoms with Gasteiger partial charge in [-0.15, -0.1) is 0 Å². The summed E-state index contributed by atoms with van der Waals surface area (Å²) in [6.45, 7) is 4.07. The predicted octanol–water partition coefficient (Wildman–Crippen LogP) is 3.26. The zero-order valence-corrected chi connectivity index (χ0v) is 11.1. The van der Waals surface area contributed by atoms with Crippen LogP contribution < -0.4 is 5.32 Å². The largest absolute Gasteiger partial charge is 0.362 e. The molecule has 0 spiro atoms. The molecule has 4 nitrogen and oxygen atoms in total. The molecule has 2 aromatic heterocycles. The fraction of sp³-hybridized carbons (Fsp3) is 0.308. The van der Waals surface area contributed by atoms with Gasteiger partial charge in [-0.3, -0.25) is 4.98 Å². The molecule has 0 fully saturated rings. The topological polar surface area (TPSA) is 50.7 Å². The molecule has 0 saturated carbocycles. The number of hydrogen-bond donors (Lipinski definition) is 1. The summed E-state index contributed by atoms with van der Waals surface area (Å²) >= 11 is 6.05. The first kappa shape index (κ1) is 12.8. The van der Waals surface area contributed by atoms with Gasteiger partial charge in [0.05, 0.1) is 11.7 Å². The Kier molecular flexibility index (Phi) is 4.10. The molecule has 0 aliphatic heterocycles. The Morgan fingerprint density at radius 3 is 2.78 bits per heavy atom. The molecule has 0 bridgehead atoms. The average molecular weight is 263 g/mol. The Morgan fingerprint density at radius 2 is 2.11 bits per heavy atom. The van der Waals surface area contributed by atoms with E-state index in [0.29, 0.717) is 5.15 Å². The highest BCUT2D eigenvalue weighted by Gasteiger charge is 2.12. The molecular weight excluding hydrogens is 248 g/mol. The third kappa shape index (κ3) is 2.76. The highest BCUT2D eigenvalue weighted by Crippen LogP contribution is 2.23. The second-order valence-corrected chi connectivity index (χ2v) is 4.32. The van der Waals surface area contributed by atoms with E-state index < -0.39 is 0 Å². The number of halogens is 1. The van der Waals surface area contributed by atoms with Crippen LogP contribution in [0, 0.1) is 0 Å². The highest BCUT2D eigenvalue weighted by molar-refractivity contribution is 6.30. The fourth-order valence-electron chi connectivity index (χ4n) is 1.74. The summed E-state index contributed by atoms with van der Waals surface area (Å²) in [5.41, 5.74) is 1.90. The minimum Gasteiger partial charge on any atom is -0.362 e.